The number of nitrogens with zero attached hydrogens (tertiary/aromatic N) is 2. The lowest BCUT2D eigenvalue weighted by molar-refractivity contribution is -0.143. The third-order valence-electron chi connectivity index (χ3n) is 4.01. The highest BCUT2D eigenvalue weighted by Crippen LogP contribution is 2.21. The van der Waals surface area contributed by atoms with Crippen molar-refractivity contribution in [1.29, 1.82) is 0 Å². The molecular weight excluding hydrogens is 435 g/mol. The summed E-state index contributed by atoms with van der Waals surface area (Å²) in [6.07, 6.45) is 0. The van der Waals surface area contributed by atoms with Gasteiger partial charge in [-0.1, -0.05) is 11.3 Å². The maximum Gasteiger partial charge on any atom is 0.337 e. The molecule has 0 aliphatic heterocycles. The van der Waals surface area contributed by atoms with E-state index in [2.05, 4.69) is 4.40 Å². The standard InChI is InChI=1S/C19H17FN2O6S2/c1-3-28-17(23)11-22-15-9-4-12(18(24)27-2)10-16(15)29-19(22)21-30(25,26)14-7-5-13(20)6-8-14/h4-10H,3,11H2,1-2H3/b21-19-. The van der Waals surface area contributed by atoms with E-state index in [9.17, 15) is 22.4 Å². The van der Waals surface area contributed by atoms with Gasteiger partial charge in [-0.05, 0) is 49.4 Å². The summed E-state index contributed by atoms with van der Waals surface area (Å²) in [5.74, 6) is -1.71. The van der Waals surface area contributed by atoms with Gasteiger partial charge in [-0.3, -0.25) is 4.79 Å². The van der Waals surface area contributed by atoms with Gasteiger partial charge in [0.2, 0.25) is 4.80 Å². The van der Waals surface area contributed by atoms with Gasteiger partial charge in [-0.15, -0.1) is 4.40 Å². The topological polar surface area (TPSA) is 104 Å². The van der Waals surface area contributed by atoms with Gasteiger partial charge in [0.05, 0.1) is 34.4 Å². The number of halogens is 1. The fourth-order valence-corrected chi connectivity index (χ4v) is 4.91. The molecule has 3 rings (SSSR count). The largest absolute Gasteiger partial charge is 0.465 e. The highest BCUT2D eigenvalue weighted by Gasteiger charge is 2.18. The maximum absolute atomic E-state index is 13.1. The summed E-state index contributed by atoms with van der Waals surface area (Å²) in [6.45, 7) is 1.54. The summed E-state index contributed by atoms with van der Waals surface area (Å²) in [4.78, 5) is 23.7. The number of ether oxygens (including phenoxy) is 2. The molecule has 0 amide bonds. The lowest BCUT2D eigenvalue weighted by Crippen LogP contribution is -2.23. The summed E-state index contributed by atoms with van der Waals surface area (Å²) in [5.41, 5.74) is 0.760. The van der Waals surface area contributed by atoms with Crippen LogP contribution in [0.15, 0.2) is 51.8 Å². The number of hydrogen-bond donors (Lipinski definition) is 0. The number of carbonyl (C=O) groups excluding carboxylic acids is 2. The van der Waals surface area contributed by atoms with Crippen molar-refractivity contribution in [2.45, 2.75) is 18.4 Å². The first kappa shape index (κ1) is 21.7. The van der Waals surface area contributed by atoms with Gasteiger partial charge in [0, 0.05) is 0 Å². The van der Waals surface area contributed by atoms with Crippen molar-refractivity contribution >= 4 is 43.5 Å². The third kappa shape index (κ3) is 4.57. The lowest BCUT2D eigenvalue weighted by atomic mass is 10.2. The summed E-state index contributed by atoms with van der Waals surface area (Å²) < 4.78 is 53.9. The first-order valence-corrected chi connectivity index (χ1v) is 10.9. The van der Waals surface area contributed by atoms with Crippen LogP contribution in [0.4, 0.5) is 4.39 Å². The average Bonchev–Trinajstić information content (AvgIpc) is 3.03. The average molecular weight is 452 g/mol. The lowest BCUT2D eigenvalue weighted by Gasteiger charge is -2.06. The zero-order valence-corrected chi connectivity index (χ0v) is 17.6. The van der Waals surface area contributed by atoms with Crippen LogP contribution >= 0.6 is 11.3 Å². The molecule has 0 bridgehead atoms. The molecule has 0 saturated carbocycles. The van der Waals surface area contributed by atoms with Crippen molar-refractivity contribution in [3.8, 4) is 0 Å². The number of fused-ring (bicyclic) bond motifs is 1. The molecule has 0 fully saturated rings. The molecule has 0 saturated heterocycles. The molecule has 2 aromatic carbocycles. The number of hydrogen-bond acceptors (Lipinski definition) is 7. The minimum Gasteiger partial charge on any atom is -0.465 e. The van der Waals surface area contributed by atoms with Crippen LogP contribution in [0.1, 0.15) is 17.3 Å². The smallest absolute Gasteiger partial charge is 0.337 e. The Balaban J connectivity index is 2.20. The Morgan fingerprint density at radius 1 is 1.17 bits per heavy atom. The highest BCUT2D eigenvalue weighted by atomic mass is 32.2. The fourth-order valence-electron chi connectivity index (χ4n) is 2.64. The van der Waals surface area contributed by atoms with Crippen molar-refractivity contribution in [1.82, 2.24) is 4.57 Å². The van der Waals surface area contributed by atoms with Crippen molar-refractivity contribution in [2.75, 3.05) is 13.7 Å². The van der Waals surface area contributed by atoms with E-state index < -0.39 is 27.8 Å². The summed E-state index contributed by atoms with van der Waals surface area (Å²) in [6, 6.07) is 8.84. The molecule has 0 atom stereocenters. The second-order valence-corrected chi connectivity index (χ2v) is 8.58. The Bertz CT molecular complexity index is 1280. The molecule has 11 heteroatoms. The third-order valence-corrected chi connectivity index (χ3v) is 6.44. The molecular formula is C19H17FN2O6S2. The first-order chi connectivity index (χ1) is 14.2. The predicted octanol–water partition coefficient (Wildman–Crippen LogP) is 2.48. The number of methoxy groups -OCH3 is 1. The van der Waals surface area contributed by atoms with Crippen LogP contribution in [0, 0.1) is 5.82 Å². The zero-order valence-electron chi connectivity index (χ0n) is 16.0. The van der Waals surface area contributed by atoms with Gasteiger partial charge < -0.3 is 14.0 Å². The molecule has 0 radical (unpaired) electrons. The minimum absolute atomic E-state index is 0.00407. The van der Waals surface area contributed by atoms with Crippen molar-refractivity contribution in [3.63, 3.8) is 0 Å². The first-order valence-electron chi connectivity index (χ1n) is 8.69. The van der Waals surface area contributed by atoms with Crippen LogP contribution in [-0.4, -0.2) is 38.6 Å². The van der Waals surface area contributed by atoms with Gasteiger partial charge in [-0.2, -0.15) is 8.42 Å². The number of aromatic nitrogens is 1. The van der Waals surface area contributed by atoms with Gasteiger partial charge in [0.1, 0.15) is 12.4 Å². The normalized spacial score (nSPS) is 12.2. The van der Waals surface area contributed by atoms with E-state index >= 15 is 0 Å². The number of thiazole rings is 1. The van der Waals surface area contributed by atoms with Gasteiger partial charge in [0.25, 0.3) is 10.0 Å². The van der Waals surface area contributed by atoms with E-state index in [1.807, 2.05) is 0 Å². The predicted molar refractivity (Wildman–Crippen MR) is 107 cm³/mol. The molecule has 1 aromatic heterocycles. The Morgan fingerprint density at radius 2 is 1.87 bits per heavy atom. The summed E-state index contributed by atoms with van der Waals surface area (Å²) >= 11 is 0.978. The number of benzene rings is 2. The van der Waals surface area contributed by atoms with Crippen LogP contribution in [-0.2, 0) is 30.8 Å². The second-order valence-electron chi connectivity index (χ2n) is 5.97. The number of sulfonamides is 1. The highest BCUT2D eigenvalue weighted by molar-refractivity contribution is 7.90. The van der Waals surface area contributed by atoms with E-state index in [0.717, 1.165) is 35.6 Å². The van der Waals surface area contributed by atoms with Crippen LogP contribution in [0.5, 0.6) is 0 Å². The maximum atomic E-state index is 13.1. The Kier molecular flexibility index (Phi) is 6.32. The molecule has 0 aliphatic rings. The van der Waals surface area contributed by atoms with Crippen LogP contribution in [0.3, 0.4) is 0 Å². The second kappa shape index (κ2) is 8.76. The van der Waals surface area contributed by atoms with E-state index in [4.69, 9.17) is 9.47 Å². The fraction of sp³-hybridized carbons (Fsp3) is 0.211. The molecule has 158 valence electrons. The zero-order chi connectivity index (χ0) is 21.9. The molecule has 0 unspecified atom stereocenters. The number of esters is 2. The number of rotatable bonds is 6. The van der Waals surface area contributed by atoms with Gasteiger partial charge in [0.15, 0.2) is 0 Å². The summed E-state index contributed by atoms with van der Waals surface area (Å²) in [7, 11) is -2.93. The number of carbonyl (C=O) groups is 2. The minimum atomic E-state index is -4.18. The van der Waals surface area contributed by atoms with Crippen LogP contribution in [0.25, 0.3) is 10.2 Å². The molecule has 30 heavy (non-hydrogen) atoms. The molecule has 0 aliphatic carbocycles. The van der Waals surface area contributed by atoms with E-state index in [1.165, 1.54) is 23.8 Å². The molecule has 0 N–H and O–H groups in total. The van der Waals surface area contributed by atoms with Crippen molar-refractivity contribution in [2.24, 2.45) is 4.40 Å². The van der Waals surface area contributed by atoms with Gasteiger partial charge >= 0.3 is 11.9 Å². The van der Waals surface area contributed by atoms with Crippen molar-refractivity contribution < 1.29 is 31.9 Å². The molecule has 8 nitrogen and oxygen atoms in total. The Hall–Kier alpha value is -3.05. The summed E-state index contributed by atoms with van der Waals surface area (Å²) in [5, 5.41) is 0. The molecule has 3 aromatic rings. The van der Waals surface area contributed by atoms with E-state index in [1.54, 1.807) is 13.0 Å². The van der Waals surface area contributed by atoms with Crippen LogP contribution < -0.4 is 4.80 Å². The van der Waals surface area contributed by atoms with Crippen molar-refractivity contribution in [3.05, 3.63) is 58.6 Å². The van der Waals surface area contributed by atoms with Crippen LogP contribution in [0.2, 0.25) is 0 Å². The Morgan fingerprint density at radius 3 is 2.50 bits per heavy atom. The van der Waals surface area contributed by atoms with E-state index in [-0.39, 0.29) is 28.4 Å². The van der Waals surface area contributed by atoms with Gasteiger partial charge in [-0.25, -0.2) is 9.18 Å². The molecule has 1 heterocycles. The molecule has 0 spiro atoms. The SMILES string of the molecule is CCOC(=O)Cn1/c(=N/S(=O)(=O)c2ccc(F)cc2)sc2cc(C(=O)OC)ccc21. The quantitative estimate of drug-likeness (QED) is 0.532. The Labute approximate surface area is 175 Å². The monoisotopic (exact) mass is 452 g/mol. The van der Waals surface area contributed by atoms with E-state index in [0.29, 0.717) is 10.2 Å².